The van der Waals surface area contributed by atoms with Crippen LogP contribution in [0.5, 0.6) is 0 Å². The van der Waals surface area contributed by atoms with E-state index in [0.717, 1.165) is 41.0 Å². The molecular weight excluding hydrogens is 307 g/mol. The van der Waals surface area contributed by atoms with Crippen LogP contribution in [0, 0.1) is 29.5 Å². The molecule has 0 spiro atoms. The maximum absolute atomic E-state index is 14.1. The zero-order chi connectivity index (χ0) is 17.6. The molecule has 1 heteroatoms. The van der Waals surface area contributed by atoms with Gasteiger partial charge in [0.15, 0.2) is 0 Å². The third-order valence-electron chi connectivity index (χ3n) is 5.23. The smallest absolute Gasteiger partial charge is 0.127 e. The van der Waals surface area contributed by atoms with Crippen LogP contribution in [0.4, 0.5) is 4.39 Å². The highest BCUT2D eigenvalue weighted by Gasteiger charge is 2.15. The molecule has 0 saturated heterocycles. The van der Waals surface area contributed by atoms with Crippen LogP contribution >= 0.6 is 0 Å². The van der Waals surface area contributed by atoms with E-state index in [1.165, 1.54) is 25.7 Å². The van der Waals surface area contributed by atoms with Crippen molar-refractivity contribution in [3.8, 4) is 23.0 Å². The largest absolute Gasteiger partial charge is 0.207 e. The molecule has 3 rings (SSSR count). The SMILES string of the molecule is CCCc1ccc(-c2ccc(C#CC3CCC(C)CC3)cc2)cc1F. The molecular formula is C24H27F. The third-order valence-corrected chi connectivity index (χ3v) is 5.23. The summed E-state index contributed by atoms with van der Waals surface area (Å²) in [6, 6.07) is 13.7. The van der Waals surface area contributed by atoms with Crippen molar-refractivity contribution in [2.45, 2.75) is 52.4 Å². The van der Waals surface area contributed by atoms with Gasteiger partial charge in [0, 0.05) is 11.5 Å². The summed E-state index contributed by atoms with van der Waals surface area (Å²) in [6.07, 6.45) is 6.82. The van der Waals surface area contributed by atoms with Gasteiger partial charge in [-0.25, -0.2) is 4.39 Å². The summed E-state index contributed by atoms with van der Waals surface area (Å²) < 4.78 is 14.1. The molecule has 0 N–H and O–H groups in total. The Balaban J connectivity index is 1.69. The lowest BCUT2D eigenvalue weighted by Gasteiger charge is -2.21. The van der Waals surface area contributed by atoms with Crippen LogP contribution < -0.4 is 0 Å². The quantitative estimate of drug-likeness (QED) is 0.553. The molecule has 130 valence electrons. The summed E-state index contributed by atoms with van der Waals surface area (Å²) in [5.74, 6) is 8.07. The van der Waals surface area contributed by atoms with E-state index in [4.69, 9.17) is 0 Å². The molecule has 0 aromatic heterocycles. The molecule has 0 unspecified atom stereocenters. The minimum atomic E-state index is -0.102. The first kappa shape index (κ1) is 17.7. The lowest BCUT2D eigenvalue weighted by atomic mass is 9.83. The van der Waals surface area contributed by atoms with Gasteiger partial charge < -0.3 is 0 Å². The molecule has 0 amide bonds. The first-order valence-corrected chi connectivity index (χ1v) is 9.56. The van der Waals surface area contributed by atoms with E-state index in [-0.39, 0.29) is 5.82 Å². The standard InChI is InChI=1S/C24H27F/c1-3-4-22-15-16-23(17-24(22)25)21-13-11-20(12-14-21)10-9-19-7-5-18(2)6-8-19/h11-19H,3-8H2,1-2H3. The van der Waals surface area contributed by atoms with Gasteiger partial charge in [-0.3, -0.25) is 0 Å². The Morgan fingerprint density at radius 1 is 0.960 bits per heavy atom. The fourth-order valence-corrected chi connectivity index (χ4v) is 3.53. The second-order valence-electron chi connectivity index (χ2n) is 7.36. The number of hydrogen-bond acceptors (Lipinski definition) is 0. The third kappa shape index (κ3) is 4.73. The summed E-state index contributed by atoms with van der Waals surface area (Å²) in [7, 11) is 0. The molecule has 1 aliphatic rings. The van der Waals surface area contributed by atoms with Crippen molar-refractivity contribution in [1.82, 2.24) is 0 Å². The highest BCUT2D eigenvalue weighted by atomic mass is 19.1. The van der Waals surface area contributed by atoms with Gasteiger partial charge in [-0.15, -0.1) is 0 Å². The summed E-state index contributed by atoms with van der Waals surface area (Å²) in [6.45, 7) is 4.40. The van der Waals surface area contributed by atoms with Gasteiger partial charge in [-0.1, -0.05) is 56.4 Å². The molecule has 0 atom stereocenters. The van der Waals surface area contributed by atoms with Crippen molar-refractivity contribution in [1.29, 1.82) is 0 Å². The zero-order valence-electron chi connectivity index (χ0n) is 15.3. The van der Waals surface area contributed by atoms with Gasteiger partial charge in [-0.05, 0) is 72.9 Å². The van der Waals surface area contributed by atoms with Crippen LogP contribution in [0.15, 0.2) is 42.5 Å². The number of aryl methyl sites for hydroxylation is 1. The highest BCUT2D eigenvalue weighted by molar-refractivity contribution is 5.65. The van der Waals surface area contributed by atoms with Gasteiger partial charge >= 0.3 is 0 Å². The molecule has 0 heterocycles. The van der Waals surface area contributed by atoms with E-state index >= 15 is 0 Å². The highest BCUT2D eigenvalue weighted by Crippen LogP contribution is 2.28. The Bertz CT molecular complexity index is 753. The fraction of sp³-hybridized carbons (Fsp3) is 0.417. The van der Waals surface area contributed by atoms with Crippen LogP contribution in [0.25, 0.3) is 11.1 Å². The van der Waals surface area contributed by atoms with Crippen molar-refractivity contribution >= 4 is 0 Å². The Kier molecular flexibility index (Phi) is 5.92. The average molecular weight is 334 g/mol. The molecule has 0 bridgehead atoms. The van der Waals surface area contributed by atoms with Crippen molar-refractivity contribution in [2.75, 3.05) is 0 Å². The molecule has 0 aliphatic heterocycles. The first-order chi connectivity index (χ1) is 12.2. The Morgan fingerprint density at radius 2 is 1.64 bits per heavy atom. The molecule has 0 nitrogen and oxygen atoms in total. The normalized spacial score (nSPS) is 20.0. The summed E-state index contributed by atoms with van der Waals surface area (Å²) in [4.78, 5) is 0. The minimum Gasteiger partial charge on any atom is -0.207 e. The molecule has 1 fully saturated rings. The van der Waals surface area contributed by atoms with E-state index < -0.39 is 0 Å². The van der Waals surface area contributed by atoms with Crippen LogP contribution in [-0.4, -0.2) is 0 Å². The second kappa shape index (κ2) is 8.34. The van der Waals surface area contributed by atoms with Gasteiger partial charge in [0.25, 0.3) is 0 Å². The Labute approximate surface area is 151 Å². The van der Waals surface area contributed by atoms with Gasteiger partial charge in [-0.2, -0.15) is 0 Å². The number of benzene rings is 2. The van der Waals surface area contributed by atoms with Crippen molar-refractivity contribution in [3.63, 3.8) is 0 Å². The Hall–Kier alpha value is -2.07. The van der Waals surface area contributed by atoms with Crippen LogP contribution in [0.1, 0.15) is 57.1 Å². The van der Waals surface area contributed by atoms with Crippen molar-refractivity contribution < 1.29 is 4.39 Å². The predicted molar refractivity (Wildman–Crippen MR) is 104 cm³/mol. The van der Waals surface area contributed by atoms with Gasteiger partial charge in [0.05, 0.1) is 0 Å². The molecule has 0 radical (unpaired) electrons. The maximum atomic E-state index is 14.1. The van der Waals surface area contributed by atoms with Crippen molar-refractivity contribution in [3.05, 3.63) is 59.4 Å². The van der Waals surface area contributed by atoms with Crippen LogP contribution in [-0.2, 0) is 6.42 Å². The Morgan fingerprint density at radius 3 is 2.28 bits per heavy atom. The second-order valence-corrected chi connectivity index (χ2v) is 7.36. The van der Waals surface area contributed by atoms with E-state index in [9.17, 15) is 4.39 Å². The van der Waals surface area contributed by atoms with E-state index in [2.05, 4.69) is 25.7 Å². The lowest BCUT2D eigenvalue weighted by molar-refractivity contribution is 0.337. The topological polar surface area (TPSA) is 0 Å². The number of hydrogen-bond donors (Lipinski definition) is 0. The first-order valence-electron chi connectivity index (χ1n) is 9.56. The summed E-state index contributed by atoms with van der Waals surface area (Å²) in [5, 5.41) is 0. The fourth-order valence-electron chi connectivity index (χ4n) is 3.53. The molecule has 1 saturated carbocycles. The molecule has 25 heavy (non-hydrogen) atoms. The average Bonchev–Trinajstić information content (AvgIpc) is 2.63. The van der Waals surface area contributed by atoms with E-state index in [1.54, 1.807) is 6.07 Å². The summed E-state index contributed by atoms with van der Waals surface area (Å²) in [5.41, 5.74) is 3.82. The zero-order valence-corrected chi connectivity index (χ0v) is 15.3. The monoisotopic (exact) mass is 334 g/mol. The minimum absolute atomic E-state index is 0.102. The maximum Gasteiger partial charge on any atom is 0.127 e. The number of halogens is 1. The van der Waals surface area contributed by atoms with E-state index in [1.807, 2.05) is 36.4 Å². The summed E-state index contributed by atoms with van der Waals surface area (Å²) >= 11 is 0. The van der Waals surface area contributed by atoms with Crippen molar-refractivity contribution in [2.24, 2.45) is 11.8 Å². The van der Waals surface area contributed by atoms with Gasteiger partial charge in [0.1, 0.15) is 5.82 Å². The van der Waals surface area contributed by atoms with Gasteiger partial charge in [0.2, 0.25) is 0 Å². The van der Waals surface area contributed by atoms with Crippen LogP contribution in [0.3, 0.4) is 0 Å². The van der Waals surface area contributed by atoms with Crippen LogP contribution in [0.2, 0.25) is 0 Å². The van der Waals surface area contributed by atoms with E-state index in [0.29, 0.717) is 5.92 Å². The molecule has 1 aliphatic carbocycles. The predicted octanol–water partition coefficient (Wildman–Crippen LogP) is 6.62. The number of rotatable bonds is 3. The molecule has 2 aromatic carbocycles. The lowest BCUT2D eigenvalue weighted by Crippen LogP contribution is -2.10. The molecule has 2 aromatic rings.